The van der Waals surface area contributed by atoms with E-state index in [1.807, 2.05) is 0 Å². The van der Waals surface area contributed by atoms with Crippen LogP contribution < -0.4 is 5.32 Å². The van der Waals surface area contributed by atoms with Gasteiger partial charge in [-0.3, -0.25) is 0 Å². The first-order valence-electron chi connectivity index (χ1n) is 4.90. The second-order valence-corrected chi connectivity index (χ2v) is 5.05. The van der Waals surface area contributed by atoms with Gasteiger partial charge in [-0.25, -0.2) is 4.39 Å². The van der Waals surface area contributed by atoms with E-state index in [4.69, 9.17) is 23.2 Å². The smallest absolute Gasteiger partial charge is 0.126 e. The van der Waals surface area contributed by atoms with Crippen LogP contribution in [0.3, 0.4) is 0 Å². The molecule has 16 heavy (non-hydrogen) atoms. The summed E-state index contributed by atoms with van der Waals surface area (Å²) in [6.45, 7) is 3.93. The number of anilines is 1. The average Bonchev–Trinajstić information content (AvgIpc) is 2.07. The second kappa shape index (κ2) is 5.21. The maximum absolute atomic E-state index is 12.9. The van der Waals surface area contributed by atoms with Gasteiger partial charge in [0.1, 0.15) is 5.82 Å². The molecule has 0 heterocycles. The Morgan fingerprint density at radius 1 is 1.31 bits per heavy atom. The van der Waals surface area contributed by atoms with Crippen LogP contribution in [-0.2, 0) is 0 Å². The number of hydrogen-bond acceptors (Lipinski definition) is 2. The van der Waals surface area contributed by atoms with Gasteiger partial charge in [0, 0.05) is 6.54 Å². The van der Waals surface area contributed by atoms with Gasteiger partial charge in [-0.2, -0.15) is 0 Å². The lowest BCUT2D eigenvalue weighted by atomic mass is 10.1. The molecule has 0 saturated carbocycles. The number of halogens is 3. The highest BCUT2D eigenvalue weighted by molar-refractivity contribution is 6.39. The fourth-order valence-corrected chi connectivity index (χ4v) is 1.80. The monoisotopic (exact) mass is 265 g/mol. The van der Waals surface area contributed by atoms with Crippen molar-refractivity contribution in [3.63, 3.8) is 0 Å². The molecule has 2 nitrogen and oxygen atoms in total. The number of rotatable bonds is 4. The summed E-state index contributed by atoms with van der Waals surface area (Å²) in [6.07, 6.45) is 0.539. The lowest BCUT2D eigenvalue weighted by molar-refractivity contribution is 0.0749. The minimum Gasteiger partial charge on any atom is -0.390 e. The van der Waals surface area contributed by atoms with E-state index in [2.05, 4.69) is 5.32 Å². The predicted molar refractivity (Wildman–Crippen MR) is 65.8 cm³/mol. The number of aliphatic hydroxyl groups is 1. The molecule has 0 fully saturated rings. The maximum Gasteiger partial charge on any atom is 0.126 e. The van der Waals surface area contributed by atoms with E-state index in [1.54, 1.807) is 13.8 Å². The van der Waals surface area contributed by atoms with Gasteiger partial charge in [0.25, 0.3) is 0 Å². The predicted octanol–water partition coefficient (Wildman–Crippen LogP) is 3.71. The van der Waals surface area contributed by atoms with Crippen LogP contribution in [0.2, 0.25) is 10.0 Å². The van der Waals surface area contributed by atoms with Crippen LogP contribution in [0, 0.1) is 5.82 Å². The van der Waals surface area contributed by atoms with Gasteiger partial charge in [-0.1, -0.05) is 23.2 Å². The quantitative estimate of drug-likeness (QED) is 0.870. The zero-order valence-electron chi connectivity index (χ0n) is 9.15. The average molecular weight is 266 g/mol. The molecule has 1 aromatic carbocycles. The SMILES string of the molecule is CC(C)(O)CCNc1c(Cl)cc(F)cc1Cl. The fraction of sp³-hybridized carbons (Fsp3) is 0.455. The van der Waals surface area contributed by atoms with Crippen LogP contribution in [0.5, 0.6) is 0 Å². The molecular weight excluding hydrogens is 252 g/mol. The molecule has 0 saturated heterocycles. The van der Waals surface area contributed by atoms with Crippen molar-refractivity contribution in [2.24, 2.45) is 0 Å². The van der Waals surface area contributed by atoms with Crippen LogP contribution in [0.25, 0.3) is 0 Å². The topological polar surface area (TPSA) is 32.3 Å². The van der Waals surface area contributed by atoms with Crippen molar-refractivity contribution in [2.75, 3.05) is 11.9 Å². The van der Waals surface area contributed by atoms with E-state index in [0.29, 0.717) is 18.7 Å². The molecule has 1 rings (SSSR count). The minimum absolute atomic E-state index is 0.237. The van der Waals surface area contributed by atoms with Gasteiger partial charge in [-0.05, 0) is 32.4 Å². The summed E-state index contributed by atoms with van der Waals surface area (Å²) in [5.74, 6) is -0.469. The van der Waals surface area contributed by atoms with Crippen LogP contribution in [0.4, 0.5) is 10.1 Å². The van der Waals surface area contributed by atoms with Crippen molar-refractivity contribution in [2.45, 2.75) is 25.9 Å². The number of nitrogens with one attached hydrogen (secondary N) is 1. The first kappa shape index (κ1) is 13.6. The summed E-state index contributed by atoms with van der Waals surface area (Å²) >= 11 is 11.7. The fourth-order valence-electron chi connectivity index (χ4n) is 1.20. The second-order valence-electron chi connectivity index (χ2n) is 4.23. The minimum atomic E-state index is -0.758. The zero-order chi connectivity index (χ0) is 12.3. The normalized spacial score (nSPS) is 11.6. The molecule has 0 aliphatic carbocycles. The molecule has 0 atom stereocenters. The van der Waals surface area contributed by atoms with Gasteiger partial charge >= 0.3 is 0 Å². The van der Waals surface area contributed by atoms with Crippen molar-refractivity contribution >= 4 is 28.9 Å². The van der Waals surface area contributed by atoms with Crippen LogP contribution in [0.15, 0.2) is 12.1 Å². The summed E-state index contributed by atoms with van der Waals surface area (Å²) in [5, 5.41) is 13.0. The van der Waals surface area contributed by atoms with E-state index < -0.39 is 11.4 Å². The third-order valence-corrected chi connectivity index (χ3v) is 2.64. The number of hydrogen-bond donors (Lipinski definition) is 2. The standard InChI is InChI=1S/C11H14Cl2FNO/c1-11(2,16)3-4-15-10-8(12)5-7(14)6-9(10)13/h5-6,15-16H,3-4H2,1-2H3. The Bertz CT molecular complexity index is 354. The Labute approximate surface area is 104 Å². The molecule has 0 spiro atoms. The van der Waals surface area contributed by atoms with E-state index >= 15 is 0 Å². The Morgan fingerprint density at radius 2 is 1.81 bits per heavy atom. The molecule has 2 N–H and O–H groups in total. The summed E-state index contributed by atoms with van der Waals surface area (Å²) in [4.78, 5) is 0. The number of benzene rings is 1. The van der Waals surface area contributed by atoms with E-state index in [9.17, 15) is 9.50 Å². The van der Waals surface area contributed by atoms with Gasteiger partial charge in [-0.15, -0.1) is 0 Å². The van der Waals surface area contributed by atoms with Crippen LogP contribution in [-0.4, -0.2) is 17.3 Å². The molecular formula is C11H14Cl2FNO. The molecule has 0 aromatic heterocycles. The molecule has 0 radical (unpaired) electrons. The summed E-state index contributed by atoms with van der Waals surface area (Å²) in [5.41, 5.74) is -0.264. The molecule has 0 unspecified atom stereocenters. The summed E-state index contributed by atoms with van der Waals surface area (Å²) < 4.78 is 12.9. The highest BCUT2D eigenvalue weighted by Crippen LogP contribution is 2.31. The highest BCUT2D eigenvalue weighted by atomic mass is 35.5. The van der Waals surface area contributed by atoms with Crippen LogP contribution in [0.1, 0.15) is 20.3 Å². The molecule has 5 heteroatoms. The van der Waals surface area contributed by atoms with E-state index in [-0.39, 0.29) is 10.0 Å². The van der Waals surface area contributed by atoms with Gasteiger partial charge < -0.3 is 10.4 Å². The van der Waals surface area contributed by atoms with Crippen molar-refractivity contribution in [3.8, 4) is 0 Å². The first-order valence-corrected chi connectivity index (χ1v) is 5.66. The van der Waals surface area contributed by atoms with Gasteiger partial charge in [0.15, 0.2) is 0 Å². The molecule has 0 bridgehead atoms. The summed E-state index contributed by atoms with van der Waals surface area (Å²) in [7, 11) is 0. The Balaban J connectivity index is 2.68. The first-order chi connectivity index (χ1) is 7.29. The van der Waals surface area contributed by atoms with E-state index in [1.165, 1.54) is 12.1 Å². The van der Waals surface area contributed by atoms with Gasteiger partial charge in [0.05, 0.1) is 21.3 Å². The molecule has 0 aliphatic heterocycles. The largest absolute Gasteiger partial charge is 0.390 e. The zero-order valence-corrected chi connectivity index (χ0v) is 10.7. The third kappa shape index (κ3) is 4.16. The van der Waals surface area contributed by atoms with Crippen molar-refractivity contribution in [3.05, 3.63) is 28.0 Å². The van der Waals surface area contributed by atoms with Crippen molar-refractivity contribution in [1.82, 2.24) is 0 Å². The van der Waals surface area contributed by atoms with Crippen molar-refractivity contribution < 1.29 is 9.50 Å². The van der Waals surface area contributed by atoms with Crippen LogP contribution >= 0.6 is 23.2 Å². The maximum atomic E-state index is 12.9. The lowest BCUT2D eigenvalue weighted by Gasteiger charge is -2.18. The van der Waals surface area contributed by atoms with E-state index in [0.717, 1.165) is 0 Å². The van der Waals surface area contributed by atoms with Gasteiger partial charge in [0.2, 0.25) is 0 Å². The highest BCUT2D eigenvalue weighted by Gasteiger charge is 2.13. The molecule has 1 aromatic rings. The lowest BCUT2D eigenvalue weighted by Crippen LogP contribution is -2.22. The van der Waals surface area contributed by atoms with Crippen molar-refractivity contribution in [1.29, 1.82) is 0 Å². The molecule has 0 amide bonds. The Kier molecular flexibility index (Phi) is 4.42. The summed E-state index contributed by atoms with van der Waals surface area (Å²) in [6, 6.07) is 2.39. The molecule has 0 aliphatic rings. The third-order valence-electron chi connectivity index (χ3n) is 2.05. The Hall–Kier alpha value is -0.510. The molecule has 90 valence electrons. The Morgan fingerprint density at radius 3 is 2.25 bits per heavy atom.